The summed E-state index contributed by atoms with van der Waals surface area (Å²) >= 11 is 0. The van der Waals surface area contributed by atoms with E-state index < -0.39 is 0 Å². The molecule has 0 aliphatic carbocycles. The molecular weight excluding hydrogens is 357 g/mol. The molecule has 2 N–H and O–H groups in total. The van der Waals surface area contributed by atoms with Crippen molar-refractivity contribution in [3.8, 4) is 0 Å². The average Bonchev–Trinajstić information content (AvgIpc) is 2.35. The van der Waals surface area contributed by atoms with Gasteiger partial charge < -0.3 is 15.4 Å². The van der Waals surface area contributed by atoms with Crippen LogP contribution in [-0.4, -0.2) is 37.7 Å². The lowest BCUT2D eigenvalue weighted by molar-refractivity contribution is -0.143. The fraction of sp³-hybridized carbons (Fsp3) is 0.846. The van der Waals surface area contributed by atoms with Crippen molar-refractivity contribution in [1.82, 2.24) is 10.6 Å². The molecule has 0 aliphatic rings. The van der Waals surface area contributed by atoms with Crippen molar-refractivity contribution in [3.63, 3.8) is 0 Å². The van der Waals surface area contributed by atoms with Gasteiger partial charge in [-0.1, -0.05) is 6.92 Å². The molecule has 1 unspecified atom stereocenters. The van der Waals surface area contributed by atoms with Gasteiger partial charge in [0.1, 0.15) is 0 Å². The van der Waals surface area contributed by atoms with Gasteiger partial charge >= 0.3 is 5.97 Å². The maximum atomic E-state index is 11.1. The van der Waals surface area contributed by atoms with Crippen LogP contribution < -0.4 is 10.6 Å². The van der Waals surface area contributed by atoms with Gasteiger partial charge in [0.25, 0.3) is 0 Å². The Morgan fingerprint density at radius 3 is 2.53 bits per heavy atom. The Kier molecular flexibility index (Phi) is 15.2. The molecule has 0 aromatic rings. The van der Waals surface area contributed by atoms with Gasteiger partial charge in [-0.25, -0.2) is 0 Å². The van der Waals surface area contributed by atoms with Crippen LogP contribution in [0.5, 0.6) is 0 Å². The van der Waals surface area contributed by atoms with Crippen LogP contribution >= 0.6 is 24.0 Å². The second kappa shape index (κ2) is 13.9. The number of guanidine groups is 1. The number of ether oxygens (including phenoxy) is 1. The standard InChI is InChI=1S/C13H27N3O2.HI/c1-5-11(4)16-13(14-6-2)15-10-8-9-12(17)18-7-3;/h11H,5-10H2,1-4H3,(H2,14,15,16);1H. The molecule has 0 aliphatic heterocycles. The number of carbonyl (C=O) groups is 1. The first-order chi connectivity index (χ1) is 8.63. The van der Waals surface area contributed by atoms with Crippen LogP contribution in [-0.2, 0) is 9.53 Å². The molecule has 5 nitrogen and oxygen atoms in total. The summed E-state index contributed by atoms with van der Waals surface area (Å²) in [5.74, 6) is 0.670. The number of hydrogen-bond acceptors (Lipinski definition) is 3. The summed E-state index contributed by atoms with van der Waals surface area (Å²) in [6.45, 7) is 10.0. The highest BCUT2D eigenvalue weighted by atomic mass is 127. The summed E-state index contributed by atoms with van der Waals surface area (Å²) in [5.41, 5.74) is 0. The molecular formula is C13H28IN3O2. The Morgan fingerprint density at radius 1 is 1.32 bits per heavy atom. The molecule has 0 spiro atoms. The number of hydrogen-bond donors (Lipinski definition) is 2. The van der Waals surface area contributed by atoms with Crippen molar-refractivity contribution in [2.75, 3.05) is 19.7 Å². The van der Waals surface area contributed by atoms with E-state index in [1.807, 2.05) is 13.8 Å². The van der Waals surface area contributed by atoms with E-state index in [1.165, 1.54) is 0 Å². The van der Waals surface area contributed by atoms with E-state index in [1.54, 1.807) is 0 Å². The van der Waals surface area contributed by atoms with Gasteiger partial charge in [-0.3, -0.25) is 9.79 Å². The Hall–Kier alpha value is -0.530. The maximum Gasteiger partial charge on any atom is 0.305 e. The monoisotopic (exact) mass is 385 g/mol. The molecule has 0 radical (unpaired) electrons. The van der Waals surface area contributed by atoms with Crippen LogP contribution in [0.3, 0.4) is 0 Å². The minimum absolute atomic E-state index is 0. The topological polar surface area (TPSA) is 62.7 Å². The molecule has 0 saturated heterocycles. The first-order valence-corrected chi connectivity index (χ1v) is 6.84. The summed E-state index contributed by atoms with van der Waals surface area (Å²) < 4.78 is 4.86. The van der Waals surface area contributed by atoms with E-state index in [4.69, 9.17) is 4.74 Å². The van der Waals surface area contributed by atoms with E-state index in [0.717, 1.165) is 25.3 Å². The van der Waals surface area contributed by atoms with Gasteiger partial charge in [0, 0.05) is 25.6 Å². The van der Waals surface area contributed by atoms with Crippen LogP contribution in [0.25, 0.3) is 0 Å². The fourth-order valence-corrected chi connectivity index (χ4v) is 1.30. The van der Waals surface area contributed by atoms with Gasteiger partial charge in [-0.05, 0) is 33.6 Å². The number of rotatable bonds is 8. The summed E-state index contributed by atoms with van der Waals surface area (Å²) in [6, 6.07) is 0.396. The molecule has 0 aromatic heterocycles. The molecule has 19 heavy (non-hydrogen) atoms. The summed E-state index contributed by atoms with van der Waals surface area (Å²) in [6.07, 6.45) is 2.20. The summed E-state index contributed by atoms with van der Waals surface area (Å²) in [7, 11) is 0. The van der Waals surface area contributed by atoms with Gasteiger partial charge in [0.05, 0.1) is 6.61 Å². The largest absolute Gasteiger partial charge is 0.466 e. The lowest BCUT2D eigenvalue weighted by atomic mass is 10.3. The quantitative estimate of drug-likeness (QED) is 0.221. The minimum atomic E-state index is -0.146. The van der Waals surface area contributed by atoms with Crippen molar-refractivity contribution in [1.29, 1.82) is 0 Å². The van der Waals surface area contributed by atoms with E-state index in [-0.39, 0.29) is 29.9 Å². The zero-order valence-electron chi connectivity index (χ0n) is 12.5. The lowest BCUT2D eigenvalue weighted by Crippen LogP contribution is -2.42. The minimum Gasteiger partial charge on any atom is -0.466 e. The molecule has 114 valence electrons. The number of aliphatic imine (C=N–C) groups is 1. The van der Waals surface area contributed by atoms with Crippen LogP contribution in [0.2, 0.25) is 0 Å². The number of halogens is 1. The molecule has 0 bridgehead atoms. The van der Waals surface area contributed by atoms with E-state index in [9.17, 15) is 4.79 Å². The highest BCUT2D eigenvalue weighted by Gasteiger charge is 2.03. The smallest absolute Gasteiger partial charge is 0.305 e. The first kappa shape index (κ1) is 20.8. The second-order valence-electron chi connectivity index (χ2n) is 4.12. The van der Waals surface area contributed by atoms with E-state index in [2.05, 4.69) is 29.5 Å². The van der Waals surface area contributed by atoms with Gasteiger partial charge in [-0.15, -0.1) is 24.0 Å². The van der Waals surface area contributed by atoms with E-state index >= 15 is 0 Å². The molecule has 6 heteroatoms. The second-order valence-corrected chi connectivity index (χ2v) is 4.12. The lowest BCUT2D eigenvalue weighted by Gasteiger charge is -2.16. The normalized spacial score (nSPS) is 12.3. The Bertz CT molecular complexity index is 260. The molecule has 0 rings (SSSR count). The third-order valence-electron chi connectivity index (χ3n) is 2.45. The predicted molar refractivity (Wildman–Crippen MR) is 90.1 cm³/mol. The van der Waals surface area contributed by atoms with Gasteiger partial charge in [0.2, 0.25) is 0 Å². The molecule has 0 fully saturated rings. The highest BCUT2D eigenvalue weighted by Crippen LogP contribution is 1.94. The SMILES string of the molecule is CCNC(=NCCCC(=O)OCC)NC(C)CC.I. The number of nitrogens with one attached hydrogen (secondary N) is 2. The predicted octanol–water partition coefficient (Wildman–Crippen LogP) is 2.30. The number of carbonyl (C=O) groups excluding carboxylic acids is 1. The third-order valence-corrected chi connectivity index (χ3v) is 2.45. The Balaban J connectivity index is 0. The van der Waals surface area contributed by atoms with Crippen molar-refractivity contribution in [2.45, 2.75) is 53.0 Å². The van der Waals surface area contributed by atoms with Gasteiger partial charge in [-0.2, -0.15) is 0 Å². The zero-order chi connectivity index (χ0) is 13.8. The van der Waals surface area contributed by atoms with Crippen molar-refractivity contribution in [2.24, 2.45) is 4.99 Å². The van der Waals surface area contributed by atoms with Crippen molar-refractivity contribution >= 4 is 35.9 Å². The van der Waals surface area contributed by atoms with Crippen LogP contribution in [0.1, 0.15) is 47.0 Å². The Morgan fingerprint density at radius 2 is 2.00 bits per heavy atom. The maximum absolute atomic E-state index is 11.1. The van der Waals surface area contributed by atoms with Crippen LogP contribution in [0.15, 0.2) is 4.99 Å². The summed E-state index contributed by atoms with van der Waals surface area (Å²) in [4.78, 5) is 15.6. The molecule has 0 amide bonds. The molecule has 0 saturated carbocycles. The fourth-order valence-electron chi connectivity index (χ4n) is 1.30. The van der Waals surface area contributed by atoms with Crippen molar-refractivity contribution < 1.29 is 9.53 Å². The molecule has 1 atom stereocenters. The third kappa shape index (κ3) is 12.3. The summed E-state index contributed by atoms with van der Waals surface area (Å²) in [5, 5.41) is 6.49. The van der Waals surface area contributed by atoms with Crippen LogP contribution in [0, 0.1) is 0 Å². The van der Waals surface area contributed by atoms with Gasteiger partial charge in [0.15, 0.2) is 5.96 Å². The first-order valence-electron chi connectivity index (χ1n) is 6.84. The Labute approximate surface area is 134 Å². The van der Waals surface area contributed by atoms with Crippen molar-refractivity contribution in [3.05, 3.63) is 0 Å². The average molecular weight is 385 g/mol. The van der Waals surface area contributed by atoms with Crippen LogP contribution in [0.4, 0.5) is 0 Å². The molecule has 0 heterocycles. The number of nitrogens with zero attached hydrogens (tertiary/aromatic N) is 1. The number of esters is 1. The highest BCUT2D eigenvalue weighted by molar-refractivity contribution is 14.0. The van der Waals surface area contributed by atoms with E-state index in [0.29, 0.717) is 25.6 Å². The molecule has 0 aromatic carbocycles. The zero-order valence-corrected chi connectivity index (χ0v) is 14.8.